The van der Waals surface area contributed by atoms with E-state index < -0.39 is 5.82 Å². The third-order valence-corrected chi connectivity index (χ3v) is 3.03. The van der Waals surface area contributed by atoms with Gasteiger partial charge in [-0.3, -0.25) is 4.79 Å². The predicted octanol–water partition coefficient (Wildman–Crippen LogP) is 1.64. The first-order chi connectivity index (χ1) is 8.01. The highest BCUT2D eigenvalue weighted by Gasteiger charge is 2.15. The van der Waals surface area contributed by atoms with Crippen molar-refractivity contribution in [3.8, 4) is 6.07 Å². The number of nitrogens with one attached hydrogen (secondary N) is 1. The molecular weight excluding hydrogens is 289 g/mol. The molecule has 4 nitrogen and oxygen atoms in total. The fourth-order valence-electron chi connectivity index (χ4n) is 1.30. The van der Waals surface area contributed by atoms with E-state index in [4.69, 9.17) is 5.26 Å². The first-order valence-corrected chi connectivity index (χ1v) is 5.60. The molecule has 0 bridgehead atoms. The van der Waals surface area contributed by atoms with Gasteiger partial charge in [-0.05, 0) is 28.1 Å². The quantitative estimate of drug-likeness (QED) is 0.923. The minimum atomic E-state index is -0.546. The molecule has 0 aliphatic heterocycles. The molecule has 1 N–H and O–H groups in total. The monoisotopic (exact) mass is 299 g/mol. The second kappa shape index (κ2) is 5.64. The summed E-state index contributed by atoms with van der Waals surface area (Å²) in [6.07, 6.45) is 0. The SMILES string of the molecule is CNC(=O)CN(C)c1ccc(C#N)c(Br)c1F. The lowest BCUT2D eigenvalue weighted by molar-refractivity contribution is -0.119. The maximum absolute atomic E-state index is 13.9. The molecule has 0 radical (unpaired) electrons. The highest BCUT2D eigenvalue weighted by Crippen LogP contribution is 2.28. The van der Waals surface area contributed by atoms with Crippen LogP contribution in [-0.2, 0) is 4.79 Å². The number of carbonyl (C=O) groups excluding carboxylic acids is 1. The number of rotatable bonds is 3. The molecule has 1 aromatic rings. The Labute approximate surface area is 107 Å². The van der Waals surface area contributed by atoms with Gasteiger partial charge in [0, 0.05) is 14.1 Å². The van der Waals surface area contributed by atoms with Crippen LogP contribution in [-0.4, -0.2) is 26.5 Å². The van der Waals surface area contributed by atoms with Gasteiger partial charge in [-0.15, -0.1) is 0 Å². The minimum Gasteiger partial charge on any atom is -0.363 e. The van der Waals surface area contributed by atoms with E-state index in [1.807, 2.05) is 6.07 Å². The summed E-state index contributed by atoms with van der Waals surface area (Å²) >= 11 is 3.02. The Morgan fingerprint density at radius 3 is 2.82 bits per heavy atom. The standard InChI is InChI=1S/C11H11BrFN3O/c1-15-9(17)6-16(2)8-4-3-7(5-14)10(12)11(8)13/h3-4H,6H2,1-2H3,(H,15,17). The molecule has 90 valence electrons. The van der Waals surface area contributed by atoms with Crippen molar-refractivity contribution in [1.82, 2.24) is 5.32 Å². The molecule has 1 rings (SSSR count). The van der Waals surface area contributed by atoms with Crippen molar-refractivity contribution in [1.29, 1.82) is 5.26 Å². The Kier molecular flexibility index (Phi) is 4.46. The van der Waals surface area contributed by atoms with Crippen molar-refractivity contribution >= 4 is 27.5 Å². The number of amides is 1. The zero-order chi connectivity index (χ0) is 13.0. The zero-order valence-corrected chi connectivity index (χ0v) is 11.0. The highest BCUT2D eigenvalue weighted by molar-refractivity contribution is 9.10. The summed E-state index contributed by atoms with van der Waals surface area (Å²) in [7, 11) is 3.12. The van der Waals surface area contributed by atoms with E-state index in [0.717, 1.165) is 0 Å². The number of benzene rings is 1. The van der Waals surface area contributed by atoms with Crippen molar-refractivity contribution in [2.75, 3.05) is 25.5 Å². The zero-order valence-electron chi connectivity index (χ0n) is 9.42. The number of nitrogens with zero attached hydrogens (tertiary/aromatic N) is 2. The first-order valence-electron chi connectivity index (χ1n) is 4.81. The summed E-state index contributed by atoms with van der Waals surface area (Å²) in [6.45, 7) is 0.0474. The maximum Gasteiger partial charge on any atom is 0.239 e. The number of likely N-dealkylation sites (N-methyl/N-ethyl adjacent to an activating group) is 2. The normalized spacial score (nSPS) is 9.59. The molecule has 17 heavy (non-hydrogen) atoms. The summed E-state index contributed by atoms with van der Waals surface area (Å²) in [5.74, 6) is -0.761. The van der Waals surface area contributed by atoms with Crippen LogP contribution in [0.5, 0.6) is 0 Å². The van der Waals surface area contributed by atoms with Gasteiger partial charge in [0.25, 0.3) is 0 Å². The van der Waals surface area contributed by atoms with E-state index >= 15 is 0 Å². The Morgan fingerprint density at radius 2 is 2.29 bits per heavy atom. The number of anilines is 1. The van der Waals surface area contributed by atoms with Gasteiger partial charge in [0.2, 0.25) is 5.91 Å². The van der Waals surface area contributed by atoms with Crippen LogP contribution in [0.1, 0.15) is 5.56 Å². The largest absolute Gasteiger partial charge is 0.363 e. The molecule has 0 unspecified atom stereocenters. The number of halogens is 2. The van der Waals surface area contributed by atoms with Crippen molar-refractivity contribution < 1.29 is 9.18 Å². The van der Waals surface area contributed by atoms with Gasteiger partial charge in [0.15, 0.2) is 5.82 Å². The average Bonchev–Trinajstić information content (AvgIpc) is 2.32. The maximum atomic E-state index is 13.9. The molecule has 1 aromatic carbocycles. The van der Waals surface area contributed by atoms with Gasteiger partial charge < -0.3 is 10.2 Å². The number of hydrogen-bond acceptors (Lipinski definition) is 3. The molecular formula is C11H11BrFN3O. The van der Waals surface area contributed by atoms with Crippen molar-refractivity contribution in [2.45, 2.75) is 0 Å². The second-order valence-corrected chi connectivity index (χ2v) is 4.19. The van der Waals surface area contributed by atoms with Crippen LogP contribution in [0.4, 0.5) is 10.1 Å². The summed E-state index contributed by atoms with van der Waals surface area (Å²) in [6, 6.07) is 4.85. The fourth-order valence-corrected chi connectivity index (χ4v) is 1.72. The summed E-state index contributed by atoms with van der Waals surface area (Å²) in [4.78, 5) is 12.6. The molecule has 6 heteroatoms. The lowest BCUT2D eigenvalue weighted by Crippen LogP contribution is -2.33. The van der Waals surface area contributed by atoms with E-state index in [1.54, 1.807) is 7.05 Å². The van der Waals surface area contributed by atoms with E-state index in [-0.39, 0.29) is 28.2 Å². The Balaban J connectivity index is 3.04. The fraction of sp³-hybridized carbons (Fsp3) is 0.273. The van der Waals surface area contributed by atoms with Gasteiger partial charge in [-0.2, -0.15) is 5.26 Å². The van der Waals surface area contributed by atoms with Crippen LogP contribution in [0.25, 0.3) is 0 Å². The average molecular weight is 300 g/mol. The van der Waals surface area contributed by atoms with Crippen molar-refractivity contribution in [3.05, 3.63) is 28.0 Å². The number of carbonyl (C=O) groups is 1. The molecule has 0 spiro atoms. The molecule has 0 atom stereocenters. The Bertz CT molecular complexity index is 484. The van der Waals surface area contributed by atoms with Crippen molar-refractivity contribution in [2.24, 2.45) is 0 Å². The molecule has 0 saturated carbocycles. The Morgan fingerprint density at radius 1 is 1.65 bits per heavy atom. The van der Waals surface area contributed by atoms with E-state index in [1.165, 1.54) is 24.1 Å². The number of nitriles is 1. The molecule has 0 saturated heterocycles. The van der Waals surface area contributed by atoms with Gasteiger partial charge >= 0.3 is 0 Å². The lowest BCUT2D eigenvalue weighted by atomic mass is 10.2. The van der Waals surface area contributed by atoms with Crippen LogP contribution in [0, 0.1) is 17.1 Å². The minimum absolute atomic E-state index is 0.0474. The second-order valence-electron chi connectivity index (χ2n) is 3.40. The van der Waals surface area contributed by atoms with E-state index in [2.05, 4.69) is 21.2 Å². The van der Waals surface area contributed by atoms with Crippen LogP contribution in [0.15, 0.2) is 16.6 Å². The predicted molar refractivity (Wildman–Crippen MR) is 66.2 cm³/mol. The van der Waals surface area contributed by atoms with Crippen LogP contribution >= 0.6 is 15.9 Å². The van der Waals surface area contributed by atoms with Crippen LogP contribution in [0.3, 0.4) is 0 Å². The molecule has 0 aliphatic carbocycles. The van der Waals surface area contributed by atoms with E-state index in [0.29, 0.717) is 0 Å². The van der Waals surface area contributed by atoms with Gasteiger partial charge in [-0.25, -0.2) is 4.39 Å². The smallest absolute Gasteiger partial charge is 0.239 e. The Hall–Kier alpha value is -1.61. The van der Waals surface area contributed by atoms with Crippen LogP contribution in [0.2, 0.25) is 0 Å². The summed E-state index contributed by atoms with van der Waals surface area (Å²) in [5.41, 5.74) is 0.485. The highest BCUT2D eigenvalue weighted by atomic mass is 79.9. The molecule has 0 heterocycles. The third-order valence-electron chi connectivity index (χ3n) is 2.25. The third kappa shape index (κ3) is 2.94. The lowest BCUT2D eigenvalue weighted by Gasteiger charge is -2.19. The number of hydrogen-bond donors (Lipinski definition) is 1. The van der Waals surface area contributed by atoms with Crippen molar-refractivity contribution in [3.63, 3.8) is 0 Å². The first kappa shape index (κ1) is 13.5. The van der Waals surface area contributed by atoms with Gasteiger partial charge in [0.1, 0.15) is 6.07 Å². The molecule has 0 fully saturated rings. The van der Waals surface area contributed by atoms with E-state index in [9.17, 15) is 9.18 Å². The topological polar surface area (TPSA) is 56.1 Å². The summed E-state index contributed by atoms with van der Waals surface area (Å²) < 4.78 is 14.0. The molecule has 1 amide bonds. The van der Waals surface area contributed by atoms with Crippen LogP contribution < -0.4 is 10.2 Å². The summed E-state index contributed by atoms with van der Waals surface area (Å²) in [5, 5.41) is 11.2. The van der Waals surface area contributed by atoms with Gasteiger partial charge in [-0.1, -0.05) is 0 Å². The molecule has 0 aromatic heterocycles. The molecule has 0 aliphatic rings. The van der Waals surface area contributed by atoms with Gasteiger partial charge in [0.05, 0.1) is 22.3 Å².